The van der Waals surface area contributed by atoms with Crippen LogP contribution >= 0.6 is 0 Å². The molecule has 4 heteroatoms. The van der Waals surface area contributed by atoms with Gasteiger partial charge in [0.2, 0.25) is 0 Å². The Hall–Kier alpha value is -1.91. The predicted molar refractivity (Wildman–Crippen MR) is 85.0 cm³/mol. The quantitative estimate of drug-likeness (QED) is 0.905. The number of aromatic nitrogens is 1. The van der Waals surface area contributed by atoms with Crippen LogP contribution in [0.3, 0.4) is 0 Å². The number of fused-ring (bicyclic) bond motifs is 1. The van der Waals surface area contributed by atoms with Gasteiger partial charge in [-0.2, -0.15) is 0 Å². The maximum Gasteiger partial charge on any atom is 0.138 e. The summed E-state index contributed by atoms with van der Waals surface area (Å²) in [7, 11) is 0. The first-order chi connectivity index (χ1) is 10.8. The van der Waals surface area contributed by atoms with Gasteiger partial charge < -0.3 is 15.2 Å². The molecule has 1 saturated heterocycles. The van der Waals surface area contributed by atoms with Crippen molar-refractivity contribution in [3.63, 3.8) is 0 Å². The van der Waals surface area contributed by atoms with E-state index in [0.717, 1.165) is 36.3 Å². The zero-order chi connectivity index (χ0) is 14.9. The van der Waals surface area contributed by atoms with Crippen molar-refractivity contribution in [2.75, 3.05) is 13.2 Å². The summed E-state index contributed by atoms with van der Waals surface area (Å²) in [4.78, 5) is 4.30. The molecule has 2 unspecified atom stereocenters. The third kappa shape index (κ3) is 2.72. The van der Waals surface area contributed by atoms with Gasteiger partial charge in [-0.1, -0.05) is 18.2 Å². The molecule has 2 heterocycles. The Morgan fingerprint density at radius 2 is 2.00 bits per heavy atom. The lowest BCUT2D eigenvalue weighted by atomic mass is 10.0. The van der Waals surface area contributed by atoms with Crippen molar-refractivity contribution in [1.82, 2.24) is 10.3 Å². The average molecular weight is 296 g/mol. The summed E-state index contributed by atoms with van der Waals surface area (Å²) >= 11 is 0. The summed E-state index contributed by atoms with van der Waals surface area (Å²) in [5.41, 5.74) is 4.69. The average Bonchev–Trinajstić information content (AvgIpc) is 2.85. The zero-order valence-electron chi connectivity index (χ0n) is 12.5. The van der Waals surface area contributed by atoms with Crippen LogP contribution in [0.2, 0.25) is 0 Å². The first-order valence-electron chi connectivity index (χ1n) is 7.89. The highest BCUT2D eigenvalue weighted by molar-refractivity contribution is 5.65. The number of pyridine rings is 1. The molecule has 2 aliphatic rings. The molecule has 2 atom stereocenters. The Bertz CT molecular complexity index is 683. The monoisotopic (exact) mass is 296 g/mol. The van der Waals surface area contributed by atoms with Crippen molar-refractivity contribution < 1.29 is 9.84 Å². The highest BCUT2D eigenvalue weighted by atomic mass is 16.5. The Balaban J connectivity index is 1.53. The topological polar surface area (TPSA) is 54.4 Å². The minimum Gasteiger partial charge on any atom is -0.490 e. The fourth-order valence-corrected chi connectivity index (χ4v) is 3.12. The molecular weight excluding hydrogens is 276 g/mol. The van der Waals surface area contributed by atoms with Gasteiger partial charge >= 0.3 is 0 Å². The summed E-state index contributed by atoms with van der Waals surface area (Å²) in [5, 5.41) is 13.1. The standard InChI is InChI=1S/C18H20N2O2/c21-17-6-13-2-1-12(5-14(13)7-17)15-8-18(10-19-9-15)22-11-16-3-4-20-16/h1-2,5,8-10,16-17,20-21H,3-4,6-7,11H2. The fraction of sp³-hybridized carbons (Fsp3) is 0.389. The van der Waals surface area contributed by atoms with E-state index in [-0.39, 0.29) is 6.10 Å². The van der Waals surface area contributed by atoms with Crippen LogP contribution in [0.4, 0.5) is 0 Å². The SMILES string of the molecule is OC1Cc2ccc(-c3cncc(OCC4CCN4)c3)cc2C1. The third-order valence-electron chi connectivity index (χ3n) is 4.54. The minimum absolute atomic E-state index is 0.229. The van der Waals surface area contributed by atoms with Crippen molar-refractivity contribution in [2.45, 2.75) is 31.4 Å². The molecule has 0 bridgehead atoms. The van der Waals surface area contributed by atoms with Gasteiger partial charge in [-0.15, -0.1) is 0 Å². The number of benzene rings is 1. The lowest BCUT2D eigenvalue weighted by Crippen LogP contribution is -2.46. The number of nitrogens with zero attached hydrogens (tertiary/aromatic N) is 1. The maximum atomic E-state index is 9.77. The van der Waals surface area contributed by atoms with E-state index in [1.807, 2.05) is 12.3 Å². The van der Waals surface area contributed by atoms with Gasteiger partial charge in [-0.05, 0) is 48.6 Å². The molecule has 1 aromatic heterocycles. The number of rotatable bonds is 4. The predicted octanol–water partition coefficient (Wildman–Crippen LogP) is 1.95. The van der Waals surface area contributed by atoms with Crippen LogP contribution in [-0.4, -0.2) is 35.4 Å². The van der Waals surface area contributed by atoms with Crippen LogP contribution in [0.1, 0.15) is 17.5 Å². The third-order valence-corrected chi connectivity index (χ3v) is 4.54. The fourth-order valence-electron chi connectivity index (χ4n) is 3.12. The lowest BCUT2D eigenvalue weighted by molar-refractivity contribution is 0.187. The molecular formula is C18H20N2O2. The number of hydrogen-bond acceptors (Lipinski definition) is 4. The Morgan fingerprint density at radius 1 is 1.14 bits per heavy atom. The second-order valence-electron chi connectivity index (χ2n) is 6.21. The molecule has 0 spiro atoms. The highest BCUT2D eigenvalue weighted by Crippen LogP contribution is 2.29. The van der Waals surface area contributed by atoms with Gasteiger partial charge in [0.05, 0.1) is 12.3 Å². The smallest absolute Gasteiger partial charge is 0.138 e. The normalized spacial score (nSPS) is 23.0. The van der Waals surface area contributed by atoms with Crippen LogP contribution < -0.4 is 10.1 Å². The van der Waals surface area contributed by atoms with Gasteiger partial charge in [0.1, 0.15) is 12.4 Å². The van der Waals surface area contributed by atoms with E-state index in [9.17, 15) is 5.11 Å². The molecule has 1 aliphatic heterocycles. The van der Waals surface area contributed by atoms with Crippen molar-refractivity contribution >= 4 is 0 Å². The molecule has 0 saturated carbocycles. The molecule has 0 radical (unpaired) electrons. The number of aliphatic hydroxyl groups is 1. The lowest BCUT2D eigenvalue weighted by Gasteiger charge is -2.27. The molecule has 114 valence electrons. The first kappa shape index (κ1) is 13.7. The largest absolute Gasteiger partial charge is 0.490 e. The summed E-state index contributed by atoms with van der Waals surface area (Å²) in [5.74, 6) is 0.812. The summed E-state index contributed by atoms with van der Waals surface area (Å²) in [6, 6.07) is 8.90. The number of nitrogens with one attached hydrogen (secondary N) is 1. The highest BCUT2D eigenvalue weighted by Gasteiger charge is 2.20. The Morgan fingerprint density at radius 3 is 2.82 bits per heavy atom. The number of hydrogen-bond donors (Lipinski definition) is 2. The van der Waals surface area contributed by atoms with Crippen LogP contribution in [0.25, 0.3) is 11.1 Å². The molecule has 22 heavy (non-hydrogen) atoms. The molecule has 4 rings (SSSR count). The van der Waals surface area contributed by atoms with Crippen LogP contribution in [0.15, 0.2) is 36.7 Å². The van der Waals surface area contributed by atoms with E-state index in [1.165, 1.54) is 17.5 Å². The molecule has 1 aliphatic carbocycles. The van der Waals surface area contributed by atoms with Gasteiger partial charge in [0.25, 0.3) is 0 Å². The van der Waals surface area contributed by atoms with Gasteiger partial charge in [-0.25, -0.2) is 0 Å². The van der Waals surface area contributed by atoms with Gasteiger partial charge in [-0.3, -0.25) is 4.98 Å². The van der Waals surface area contributed by atoms with Crippen LogP contribution in [0, 0.1) is 0 Å². The van der Waals surface area contributed by atoms with E-state index < -0.39 is 0 Å². The maximum absolute atomic E-state index is 9.77. The van der Waals surface area contributed by atoms with E-state index in [1.54, 1.807) is 6.20 Å². The van der Waals surface area contributed by atoms with Crippen molar-refractivity contribution in [1.29, 1.82) is 0 Å². The van der Waals surface area contributed by atoms with Crippen molar-refractivity contribution in [2.24, 2.45) is 0 Å². The molecule has 2 N–H and O–H groups in total. The van der Waals surface area contributed by atoms with E-state index in [0.29, 0.717) is 12.6 Å². The summed E-state index contributed by atoms with van der Waals surface area (Å²) in [6.07, 6.45) is 6.10. The molecule has 0 amide bonds. The van der Waals surface area contributed by atoms with Crippen LogP contribution in [-0.2, 0) is 12.8 Å². The summed E-state index contributed by atoms with van der Waals surface area (Å²) in [6.45, 7) is 1.79. The molecule has 2 aromatic rings. The van der Waals surface area contributed by atoms with Crippen molar-refractivity contribution in [3.05, 3.63) is 47.8 Å². The second-order valence-corrected chi connectivity index (χ2v) is 6.21. The summed E-state index contributed by atoms with van der Waals surface area (Å²) < 4.78 is 5.82. The molecule has 4 nitrogen and oxygen atoms in total. The Kier molecular flexibility index (Phi) is 3.56. The van der Waals surface area contributed by atoms with E-state index in [4.69, 9.17) is 4.74 Å². The second kappa shape index (κ2) is 5.71. The number of ether oxygens (including phenoxy) is 1. The van der Waals surface area contributed by atoms with Gasteiger partial charge in [0, 0.05) is 17.8 Å². The number of aliphatic hydroxyl groups excluding tert-OH is 1. The van der Waals surface area contributed by atoms with E-state index in [2.05, 4.69) is 28.5 Å². The first-order valence-corrected chi connectivity index (χ1v) is 7.89. The van der Waals surface area contributed by atoms with Gasteiger partial charge in [0.15, 0.2) is 0 Å². The molecule has 1 aromatic carbocycles. The van der Waals surface area contributed by atoms with Crippen molar-refractivity contribution in [3.8, 4) is 16.9 Å². The van der Waals surface area contributed by atoms with Crippen LogP contribution in [0.5, 0.6) is 5.75 Å². The Labute approximate surface area is 130 Å². The minimum atomic E-state index is -0.229. The zero-order valence-corrected chi connectivity index (χ0v) is 12.5. The van der Waals surface area contributed by atoms with E-state index >= 15 is 0 Å². The molecule has 1 fully saturated rings.